The number of anilines is 1. The highest BCUT2D eigenvalue weighted by Gasteiger charge is 2.13. The fourth-order valence-electron chi connectivity index (χ4n) is 1.48. The third kappa shape index (κ3) is 3.58. The summed E-state index contributed by atoms with van der Waals surface area (Å²) in [6.07, 6.45) is 2.91. The van der Waals surface area contributed by atoms with Crippen LogP contribution in [0.5, 0.6) is 0 Å². The first-order valence-electron chi connectivity index (χ1n) is 5.58. The van der Waals surface area contributed by atoms with Gasteiger partial charge in [-0.05, 0) is 13.3 Å². The fourth-order valence-corrected chi connectivity index (χ4v) is 1.48. The summed E-state index contributed by atoms with van der Waals surface area (Å²) in [6, 6.07) is 2.05. The molecule has 1 aromatic rings. The lowest BCUT2D eigenvalue weighted by molar-refractivity contribution is 0.316. The molecule has 1 unspecified atom stereocenters. The summed E-state index contributed by atoms with van der Waals surface area (Å²) in [5, 5.41) is 11.5. The lowest BCUT2D eigenvalue weighted by atomic mass is 10.2. The van der Waals surface area contributed by atoms with Gasteiger partial charge in [0.2, 0.25) is 0 Å². The molecule has 0 spiro atoms. The zero-order valence-electron chi connectivity index (χ0n) is 10.5. The molecule has 6 nitrogen and oxygen atoms in total. The molecular weight excluding hydrogens is 218 g/mol. The normalized spacial score (nSPS) is 13.5. The van der Waals surface area contributed by atoms with Crippen molar-refractivity contribution in [1.82, 2.24) is 9.97 Å². The van der Waals surface area contributed by atoms with E-state index in [1.54, 1.807) is 6.33 Å². The first kappa shape index (κ1) is 13.2. The van der Waals surface area contributed by atoms with Gasteiger partial charge in [-0.25, -0.2) is 9.97 Å². The van der Waals surface area contributed by atoms with E-state index >= 15 is 0 Å². The maximum absolute atomic E-state index is 8.54. The Morgan fingerprint density at radius 3 is 2.88 bits per heavy atom. The molecule has 94 valence electrons. The van der Waals surface area contributed by atoms with Gasteiger partial charge in [0.05, 0.1) is 0 Å². The molecule has 0 aromatic carbocycles. The van der Waals surface area contributed by atoms with E-state index in [4.69, 9.17) is 10.9 Å². The first-order chi connectivity index (χ1) is 8.08. The predicted molar refractivity (Wildman–Crippen MR) is 67.3 cm³/mol. The molecule has 0 bridgehead atoms. The van der Waals surface area contributed by atoms with E-state index in [-0.39, 0.29) is 11.9 Å². The predicted octanol–water partition coefficient (Wildman–Crippen LogP) is 1.00. The van der Waals surface area contributed by atoms with Crippen LogP contribution in [0.3, 0.4) is 0 Å². The molecule has 0 aliphatic rings. The average Bonchev–Trinajstić information content (AvgIpc) is 2.37. The minimum absolute atomic E-state index is 0.102. The maximum Gasteiger partial charge on any atom is 0.141 e. The van der Waals surface area contributed by atoms with E-state index in [0.29, 0.717) is 6.42 Å². The van der Waals surface area contributed by atoms with Gasteiger partial charge in [0.25, 0.3) is 0 Å². The van der Waals surface area contributed by atoms with Crippen molar-refractivity contribution in [3.05, 3.63) is 18.1 Å². The minimum atomic E-state index is 0.102. The molecule has 0 radical (unpaired) electrons. The number of amidine groups is 1. The van der Waals surface area contributed by atoms with Crippen LogP contribution in [0.1, 0.15) is 26.0 Å². The molecule has 1 atom stereocenters. The third-order valence-corrected chi connectivity index (χ3v) is 2.73. The SMILES string of the molecule is CCc1cc(N(C)C(C)C/C(N)=N/O)ncn1. The average molecular weight is 237 g/mol. The molecule has 0 saturated carbocycles. The summed E-state index contributed by atoms with van der Waals surface area (Å²) >= 11 is 0. The molecule has 0 aliphatic heterocycles. The van der Waals surface area contributed by atoms with Crippen LogP contribution >= 0.6 is 0 Å². The number of aryl methyl sites for hydroxylation is 1. The largest absolute Gasteiger partial charge is 0.409 e. The quantitative estimate of drug-likeness (QED) is 0.345. The second-order valence-corrected chi connectivity index (χ2v) is 3.98. The Morgan fingerprint density at radius 1 is 1.59 bits per heavy atom. The summed E-state index contributed by atoms with van der Waals surface area (Å²) in [5.74, 6) is 1.06. The van der Waals surface area contributed by atoms with Crippen LogP contribution in [0, 0.1) is 0 Å². The van der Waals surface area contributed by atoms with Gasteiger partial charge >= 0.3 is 0 Å². The van der Waals surface area contributed by atoms with Gasteiger partial charge in [-0.1, -0.05) is 12.1 Å². The summed E-state index contributed by atoms with van der Waals surface area (Å²) in [6.45, 7) is 4.04. The van der Waals surface area contributed by atoms with E-state index in [1.165, 1.54) is 0 Å². The fraction of sp³-hybridized carbons (Fsp3) is 0.545. The van der Waals surface area contributed by atoms with Crippen molar-refractivity contribution >= 4 is 11.7 Å². The number of nitrogens with two attached hydrogens (primary N) is 1. The van der Waals surface area contributed by atoms with Crippen LogP contribution in [0.25, 0.3) is 0 Å². The molecule has 0 amide bonds. The molecule has 1 rings (SSSR count). The second-order valence-electron chi connectivity index (χ2n) is 3.98. The van der Waals surface area contributed by atoms with Crippen LogP contribution in [-0.2, 0) is 6.42 Å². The summed E-state index contributed by atoms with van der Waals surface area (Å²) in [7, 11) is 1.93. The molecule has 1 aromatic heterocycles. The maximum atomic E-state index is 8.54. The van der Waals surface area contributed by atoms with Crippen molar-refractivity contribution in [1.29, 1.82) is 0 Å². The van der Waals surface area contributed by atoms with E-state index in [9.17, 15) is 0 Å². The van der Waals surface area contributed by atoms with Crippen LogP contribution < -0.4 is 10.6 Å². The summed E-state index contributed by atoms with van der Waals surface area (Å²) < 4.78 is 0. The zero-order chi connectivity index (χ0) is 12.8. The molecule has 6 heteroatoms. The molecule has 0 fully saturated rings. The van der Waals surface area contributed by atoms with E-state index in [2.05, 4.69) is 15.1 Å². The standard InChI is InChI=1S/C11H19N5O/c1-4-9-6-11(14-7-13-9)16(3)8(2)5-10(12)15-17/h6-8,17H,4-5H2,1-3H3,(H2,12,15). The van der Waals surface area contributed by atoms with Crippen molar-refractivity contribution in [2.24, 2.45) is 10.9 Å². The highest BCUT2D eigenvalue weighted by atomic mass is 16.4. The van der Waals surface area contributed by atoms with Gasteiger partial charge in [-0.2, -0.15) is 0 Å². The van der Waals surface area contributed by atoms with Gasteiger partial charge in [0, 0.05) is 31.3 Å². The number of rotatable bonds is 5. The zero-order valence-corrected chi connectivity index (χ0v) is 10.5. The Labute approximate surface area is 101 Å². The van der Waals surface area contributed by atoms with Crippen molar-refractivity contribution in [3.63, 3.8) is 0 Å². The molecular formula is C11H19N5O. The monoisotopic (exact) mass is 237 g/mol. The molecule has 0 saturated heterocycles. The van der Waals surface area contributed by atoms with Crippen molar-refractivity contribution in [2.45, 2.75) is 32.7 Å². The first-order valence-corrected chi connectivity index (χ1v) is 5.58. The van der Waals surface area contributed by atoms with Crippen LogP contribution in [-0.4, -0.2) is 34.1 Å². The Balaban J connectivity index is 2.77. The van der Waals surface area contributed by atoms with E-state index < -0.39 is 0 Å². The van der Waals surface area contributed by atoms with Gasteiger partial charge in [-0.15, -0.1) is 0 Å². The Hall–Kier alpha value is -1.85. The van der Waals surface area contributed by atoms with Crippen molar-refractivity contribution in [2.75, 3.05) is 11.9 Å². The Morgan fingerprint density at radius 2 is 2.29 bits per heavy atom. The van der Waals surface area contributed by atoms with Crippen LogP contribution in [0.15, 0.2) is 17.5 Å². The number of aromatic nitrogens is 2. The number of hydrogen-bond acceptors (Lipinski definition) is 5. The minimum Gasteiger partial charge on any atom is -0.409 e. The third-order valence-electron chi connectivity index (χ3n) is 2.73. The number of nitrogens with zero attached hydrogens (tertiary/aromatic N) is 4. The van der Waals surface area contributed by atoms with Crippen molar-refractivity contribution < 1.29 is 5.21 Å². The van der Waals surface area contributed by atoms with Crippen LogP contribution in [0.4, 0.5) is 5.82 Å². The summed E-state index contributed by atoms with van der Waals surface area (Å²) in [4.78, 5) is 10.3. The Bertz CT molecular complexity index is 393. The molecule has 3 N–H and O–H groups in total. The molecule has 17 heavy (non-hydrogen) atoms. The number of hydrogen-bond donors (Lipinski definition) is 2. The van der Waals surface area contributed by atoms with Gasteiger partial charge in [0.1, 0.15) is 18.0 Å². The number of oxime groups is 1. The Kier molecular flexibility index (Phi) is 4.68. The van der Waals surface area contributed by atoms with Gasteiger partial charge < -0.3 is 15.8 Å². The molecule has 1 heterocycles. The summed E-state index contributed by atoms with van der Waals surface area (Å²) in [5.41, 5.74) is 6.48. The smallest absolute Gasteiger partial charge is 0.141 e. The highest BCUT2D eigenvalue weighted by Crippen LogP contribution is 2.14. The second kappa shape index (κ2) is 6.03. The van der Waals surface area contributed by atoms with Crippen molar-refractivity contribution in [3.8, 4) is 0 Å². The lowest BCUT2D eigenvalue weighted by Gasteiger charge is -2.25. The van der Waals surface area contributed by atoms with Gasteiger partial charge in [-0.3, -0.25) is 0 Å². The van der Waals surface area contributed by atoms with Crippen LogP contribution in [0.2, 0.25) is 0 Å². The lowest BCUT2D eigenvalue weighted by Crippen LogP contribution is -2.33. The topological polar surface area (TPSA) is 87.6 Å². The highest BCUT2D eigenvalue weighted by molar-refractivity contribution is 5.80. The molecule has 0 aliphatic carbocycles. The van der Waals surface area contributed by atoms with Gasteiger partial charge in [0.15, 0.2) is 0 Å². The van der Waals surface area contributed by atoms with E-state index in [0.717, 1.165) is 17.9 Å². The van der Waals surface area contributed by atoms with E-state index in [1.807, 2.05) is 31.9 Å².